The van der Waals surface area contributed by atoms with Crippen LogP contribution in [-0.4, -0.2) is 18.0 Å². The Bertz CT molecular complexity index is 273. The summed E-state index contributed by atoms with van der Waals surface area (Å²) in [6.07, 6.45) is 2.19. The van der Waals surface area contributed by atoms with Crippen molar-refractivity contribution in [2.24, 2.45) is 0 Å². The summed E-state index contributed by atoms with van der Waals surface area (Å²) in [5, 5.41) is -0.678. The van der Waals surface area contributed by atoms with Crippen molar-refractivity contribution in [1.82, 2.24) is 4.98 Å². The zero-order chi connectivity index (χ0) is 6.91. The molecule has 0 amide bonds. The van der Waals surface area contributed by atoms with Crippen LogP contribution < -0.4 is 0 Å². The molecule has 1 aromatic rings. The molecule has 0 bridgehead atoms. The van der Waals surface area contributed by atoms with Crippen LogP contribution in [0.3, 0.4) is 0 Å². The van der Waals surface area contributed by atoms with E-state index in [2.05, 4.69) is 9.40 Å². The number of nitrogens with zero attached hydrogens (tertiary/aromatic N) is 1. The van der Waals surface area contributed by atoms with Crippen LogP contribution in [0.4, 0.5) is 0 Å². The highest BCUT2D eigenvalue weighted by atomic mass is 32.2. The summed E-state index contributed by atoms with van der Waals surface area (Å²) in [5.41, 5.74) is 0. The first-order valence-corrected chi connectivity index (χ1v) is 3.42. The molecule has 0 atom stereocenters. The van der Waals surface area contributed by atoms with Gasteiger partial charge in [0.2, 0.25) is 0 Å². The fourth-order valence-corrected chi connectivity index (χ4v) is 0.709. The first-order chi connectivity index (χ1) is 4.11. The second kappa shape index (κ2) is 1.82. The first kappa shape index (κ1) is 6.24. The van der Waals surface area contributed by atoms with E-state index in [1.165, 1.54) is 0 Å². The molecule has 1 N–H and O–H groups in total. The van der Waals surface area contributed by atoms with Gasteiger partial charge >= 0.3 is 15.3 Å². The smallest absolute Gasteiger partial charge is 0.347 e. The van der Waals surface area contributed by atoms with Crippen molar-refractivity contribution in [3.63, 3.8) is 0 Å². The lowest BCUT2D eigenvalue weighted by atomic mass is 11.0. The average molecular weight is 149 g/mol. The van der Waals surface area contributed by atoms with Crippen molar-refractivity contribution in [2.45, 2.75) is 5.22 Å². The Balaban J connectivity index is 3.20. The van der Waals surface area contributed by atoms with Gasteiger partial charge in [-0.2, -0.15) is 8.42 Å². The van der Waals surface area contributed by atoms with Crippen LogP contribution in [0.1, 0.15) is 0 Å². The quantitative estimate of drug-likeness (QED) is 0.565. The lowest BCUT2D eigenvalue weighted by Gasteiger charge is -1.82. The number of aromatic nitrogens is 1. The van der Waals surface area contributed by atoms with Crippen LogP contribution in [0, 0.1) is 0 Å². The van der Waals surface area contributed by atoms with Crippen molar-refractivity contribution in [1.29, 1.82) is 0 Å². The topological polar surface area (TPSA) is 80.4 Å². The zero-order valence-corrected chi connectivity index (χ0v) is 5.00. The van der Waals surface area contributed by atoms with Crippen LogP contribution >= 0.6 is 0 Å². The minimum Gasteiger partial charge on any atom is -0.435 e. The van der Waals surface area contributed by atoms with Crippen LogP contribution in [0.25, 0.3) is 0 Å². The van der Waals surface area contributed by atoms with E-state index in [0.29, 0.717) is 0 Å². The third-order valence-corrected chi connectivity index (χ3v) is 1.27. The van der Waals surface area contributed by atoms with Crippen LogP contribution in [-0.2, 0) is 10.1 Å². The molecule has 1 rings (SSSR count). The van der Waals surface area contributed by atoms with Gasteiger partial charge in [-0.15, -0.1) is 0 Å². The van der Waals surface area contributed by atoms with Gasteiger partial charge in [0.1, 0.15) is 6.26 Å². The van der Waals surface area contributed by atoms with E-state index in [1.54, 1.807) is 0 Å². The molecule has 0 spiro atoms. The number of hydrogen-bond acceptors (Lipinski definition) is 4. The Morgan fingerprint density at radius 1 is 1.67 bits per heavy atom. The molecular weight excluding hydrogens is 146 g/mol. The summed E-state index contributed by atoms with van der Waals surface area (Å²) < 4.78 is 32.6. The van der Waals surface area contributed by atoms with Gasteiger partial charge in [-0.25, -0.2) is 4.98 Å². The first-order valence-electron chi connectivity index (χ1n) is 1.97. The summed E-state index contributed by atoms with van der Waals surface area (Å²) in [6, 6.07) is 0. The Kier molecular flexibility index (Phi) is 1.26. The van der Waals surface area contributed by atoms with Crippen molar-refractivity contribution in [3.05, 3.63) is 12.5 Å². The van der Waals surface area contributed by atoms with E-state index in [4.69, 9.17) is 4.55 Å². The molecule has 0 saturated heterocycles. The summed E-state index contributed by atoms with van der Waals surface area (Å²) in [7, 11) is -4.24. The zero-order valence-electron chi connectivity index (χ0n) is 4.18. The molecule has 0 radical (unpaired) electrons. The van der Waals surface area contributed by atoms with Gasteiger partial charge in [-0.05, 0) is 0 Å². The molecule has 0 aromatic carbocycles. The normalized spacial score (nSPS) is 11.7. The SMILES string of the molecule is O=S(=O)(O)c1ncco1. The van der Waals surface area contributed by atoms with Crippen LogP contribution in [0.15, 0.2) is 22.1 Å². The van der Waals surface area contributed by atoms with Crippen molar-refractivity contribution < 1.29 is 17.4 Å². The van der Waals surface area contributed by atoms with Gasteiger partial charge in [0, 0.05) is 0 Å². The lowest BCUT2D eigenvalue weighted by molar-refractivity contribution is 0.391. The minimum absolute atomic E-state index is 0.678. The maximum atomic E-state index is 10.1. The van der Waals surface area contributed by atoms with Crippen molar-refractivity contribution >= 4 is 10.1 Å². The summed E-state index contributed by atoms with van der Waals surface area (Å²) in [5.74, 6) is 0. The molecular formula is C3H3NO4S. The largest absolute Gasteiger partial charge is 0.435 e. The fourth-order valence-electron chi connectivity index (χ4n) is 0.338. The minimum atomic E-state index is -4.24. The van der Waals surface area contributed by atoms with Gasteiger partial charge < -0.3 is 4.42 Å². The molecule has 0 aliphatic heterocycles. The standard InChI is InChI=1S/C3H3NO4S/c5-9(6,7)3-4-1-2-8-3/h1-2H,(H,5,6,7). The molecule has 1 aromatic heterocycles. The average Bonchev–Trinajstić information content (AvgIpc) is 2.08. The predicted molar refractivity (Wildman–Crippen MR) is 26.3 cm³/mol. The van der Waals surface area contributed by atoms with E-state index in [0.717, 1.165) is 12.5 Å². The molecule has 6 heteroatoms. The lowest BCUT2D eigenvalue weighted by Crippen LogP contribution is -1.96. The number of rotatable bonds is 1. The predicted octanol–water partition coefficient (Wildman–Crippen LogP) is -0.0787. The van der Waals surface area contributed by atoms with E-state index in [-0.39, 0.29) is 0 Å². The van der Waals surface area contributed by atoms with Crippen LogP contribution in [0.5, 0.6) is 0 Å². The van der Waals surface area contributed by atoms with Crippen molar-refractivity contribution in [2.75, 3.05) is 0 Å². The summed E-state index contributed by atoms with van der Waals surface area (Å²) in [4.78, 5) is 3.18. The molecule has 0 aliphatic carbocycles. The van der Waals surface area contributed by atoms with E-state index in [1.807, 2.05) is 0 Å². The second-order valence-electron chi connectivity index (χ2n) is 1.27. The monoisotopic (exact) mass is 149 g/mol. The third-order valence-electron chi connectivity index (χ3n) is 0.630. The molecule has 0 saturated carbocycles. The Hall–Kier alpha value is -0.880. The molecule has 0 unspecified atom stereocenters. The Morgan fingerprint density at radius 2 is 2.33 bits per heavy atom. The van der Waals surface area contributed by atoms with E-state index < -0.39 is 15.3 Å². The Labute approximate surface area is 51.1 Å². The third kappa shape index (κ3) is 1.27. The summed E-state index contributed by atoms with van der Waals surface area (Å²) >= 11 is 0. The molecule has 50 valence electrons. The van der Waals surface area contributed by atoms with Gasteiger partial charge in [0.15, 0.2) is 0 Å². The van der Waals surface area contributed by atoms with Gasteiger partial charge in [-0.1, -0.05) is 0 Å². The highest BCUT2D eigenvalue weighted by Gasteiger charge is 2.13. The van der Waals surface area contributed by atoms with Gasteiger partial charge in [0.25, 0.3) is 0 Å². The molecule has 9 heavy (non-hydrogen) atoms. The molecule has 5 nitrogen and oxygen atoms in total. The van der Waals surface area contributed by atoms with Crippen molar-refractivity contribution in [3.8, 4) is 0 Å². The number of hydrogen-bond donors (Lipinski definition) is 1. The highest BCUT2D eigenvalue weighted by molar-refractivity contribution is 7.85. The van der Waals surface area contributed by atoms with Gasteiger partial charge in [-0.3, -0.25) is 4.55 Å². The van der Waals surface area contributed by atoms with E-state index in [9.17, 15) is 8.42 Å². The van der Waals surface area contributed by atoms with E-state index >= 15 is 0 Å². The fraction of sp³-hybridized carbons (Fsp3) is 0. The van der Waals surface area contributed by atoms with Gasteiger partial charge in [0.05, 0.1) is 6.20 Å². The Morgan fingerprint density at radius 3 is 2.56 bits per heavy atom. The summed E-state index contributed by atoms with van der Waals surface area (Å²) in [6.45, 7) is 0. The molecule has 0 aliphatic rings. The maximum Gasteiger partial charge on any atom is 0.347 e. The molecule has 0 fully saturated rings. The van der Waals surface area contributed by atoms with Crippen LogP contribution in [0.2, 0.25) is 0 Å². The molecule has 1 heterocycles. The second-order valence-corrected chi connectivity index (χ2v) is 2.57. The maximum absolute atomic E-state index is 10.1. The highest BCUT2D eigenvalue weighted by Crippen LogP contribution is 2.01. The number of oxazole rings is 1.